The number of aromatic nitrogens is 3. The summed E-state index contributed by atoms with van der Waals surface area (Å²) in [5.74, 6) is -0.510. The van der Waals surface area contributed by atoms with Gasteiger partial charge in [0.1, 0.15) is 0 Å². The second kappa shape index (κ2) is 7.48. The number of carbonyl (C=O) groups is 2. The molecule has 0 aliphatic heterocycles. The first-order valence-electron chi connectivity index (χ1n) is 5.82. The topological polar surface area (TPSA) is 149 Å². The van der Waals surface area contributed by atoms with Crippen molar-refractivity contribution in [1.29, 1.82) is 0 Å². The lowest BCUT2D eigenvalue weighted by molar-refractivity contribution is -0.125. The van der Waals surface area contributed by atoms with Crippen LogP contribution in [0.15, 0.2) is 5.16 Å². The van der Waals surface area contributed by atoms with Crippen molar-refractivity contribution >= 4 is 35.5 Å². The van der Waals surface area contributed by atoms with Gasteiger partial charge in [-0.05, 0) is 13.8 Å². The number of hydrogen-bond donors (Lipinski definition) is 4. The van der Waals surface area contributed by atoms with Crippen molar-refractivity contribution in [2.24, 2.45) is 0 Å². The first-order valence-corrected chi connectivity index (χ1v) is 6.81. The van der Waals surface area contributed by atoms with E-state index in [9.17, 15) is 9.59 Å². The summed E-state index contributed by atoms with van der Waals surface area (Å²) in [6, 6.07) is 0.0324. The predicted molar refractivity (Wildman–Crippen MR) is 75.7 cm³/mol. The maximum atomic E-state index is 11.5. The third-order valence-electron chi connectivity index (χ3n) is 1.88. The molecule has 20 heavy (non-hydrogen) atoms. The molecule has 6 N–H and O–H groups in total. The van der Waals surface area contributed by atoms with Gasteiger partial charge >= 0.3 is 0 Å². The van der Waals surface area contributed by atoms with Crippen LogP contribution in [0.4, 0.5) is 11.9 Å². The summed E-state index contributed by atoms with van der Waals surface area (Å²) in [7, 11) is 0. The van der Waals surface area contributed by atoms with E-state index in [1.165, 1.54) is 0 Å². The SMILES string of the molecule is CC(C)NC(=O)CNC(=O)CSc1nc(N)nc(N)n1. The van der Waals surface area contributed by atoms with E-state index in [1.54, 1.807) is 0 Å². The third kappa shape index (κ3) is 6.18. The van der Waals surface area contributed by atoms with Gasteiger partial charge in [0.05, 0.1) is 12.3 Å². The van der Waals surface area contributed by atoms with Gasteiger partial charge in [-0.1, -0.05) is 11.8 Å². The van der Waals surface area contributed by atoms with Gasteiger partial charge in [-0.25, -0.2) is 0 Å². The van der Waals surface area contributed by atoms with Crippen LogP contribution in [0, 0.1) is 0 Å². The minimum absolute atomic E-state index is 0.00304. The highest BCUT2D eigenvalue weighted by Crippen LogP contribution is 2.13. The molecule has 0 saturated carbocycles. The van der Waals surface area contributed by atoms with Crippen molar-refractivity contribution in [3.8, 4) is 0 Å². The molecule has 0 spiro atoms. The number of amides is 2. The molecule has 1 aromatic rings. The number of nitrogens with two attached hydrogens (primary N) is 2. The zero-order valence-electron chi connectivity index (χ0n) is 11.2. The van der Waals surface area contributed by atoms with Crippen LogP contribution in [0.1, 0.15) is 13.8 Å². The van der Waals surface area contributed by atoms with Crippen molar-refractivity contribution in [1.82, 2.24) is 25.6 Å². The van der Waals surface area contributed by atoms with E-state index in [0.717, 1.165) is 11.8 Å². The minimum atomic E-state index is -0.313. The summed E-state index contributed by atoms with van der Waals surface area (Å²) < 4.78 is 0. The summed E-state index contributed by atoms with van der Waals surface area (Å²) in [5, 5.41) is 5.40. The lowest BCUT2D eigenvalue weighted by Crippen LogP contribution is -2.40. The Hall–Kier alpha value is -2.10. The largest absolute Gasteiger partial charge is 0.368 e. The third-order valence-corrected chi connectivity index (χ3v) is 2.72. The molecule has 10 heteroatoms. The monoisotopic (exact) mass is 299 g/mol. The van der Waals surface area contributed by atoms with Crippen LogP contribution < -0.4 is 22.1 Å². The molecule has 0 aliphatic rings. The zero-order chi connectivity index (χ0) is 15.1. The molecule has 0 atom stereocenters. The van der Waals surface area contributed by atoms with Gasteiger partial charge in [-0.15, -0.1) is 0 Å². The van der Waals surface area contributed by atoms with E-state index in [0.29, 0.717) is 0 Å². The lowest BCUT2D eigenvalue weighted by Gasteiger charge is -2.09. The first kappa shape index (κ1) is 16.0. The molecule has 1 rings (SSSR count). The maximum absolute atomic E-state index is 11.5. The highest BCUT2D eigenvalue weighted by molar-refractivity contribution is 7.99. The molecular weight excluding hydrogens is 282 g/mol. The summed E-state index contributed by atoms with van der Waals surface area (Å²) >= 11 is 1.06. The summed E-state index contributed by atoms with van der Waals surface area (Å²) in [6.07, 6.45) is 0. The predicted octanol–water partition coefficient (Wildman–Crippen LogP) is -1.23. The maximum Gasteiger partial charge on any atom is 0.239 e. The average molecular weight is 299 g/mol. The minimum Gasteiger partial charge on any atom is -0.368 e. The normalized spacial score (nSPS) is 10.3. The zero-order valence-corrected chi connectivity index (χ0v) is 12.0. The molecule has 2 amide bonds. The van der Waals surface area contributed by atoms with Gasteiger partial charge in [-0.2, -0.15) is 15.0 Å². The molecule has 0 bridgehead atoms. The number of nitrogen functional groups attached to an aromatic ring is 2. The lowest BCUT2D eigenvalue weighted by atomic mass is 10.4. The molecule has 0 unspecified atom stereocenters. The van der Waals surface area contributed by atoms with Crippen LogP contribution in [0.5, 0.6) is 0 Å². The molecule has 1 aromatic heterocycles. The molecular formula is C10H17N7O2S. The summed E-state index contributed by atoms with van der Waals surface area (Å²) in [4.78, 5) is 34.1. The second-order valence-corrected chi connectivity index (χ2v) is 5.06. The Labute approximate surface area is 120 Å². The van der Waals surface area contributed by atoms with Gasteiger partial charge < -0.3 is 22.1 Å². The van der Waals surface area contributed by atoms with Crippen LogP contribution in [0.3, 0.4) is 0 Å². The molecule has 0 aromatic carbocycles. The van der Waals surface area contributed by atoms with Crippen molar-refractivity contribution in [2.75, 3.05) is 23.8 Å². The molecule has 0 aliphatic carbocycles. The summed E-state index contributed by atoms with van der Waals surface area (Å²) in [5.41, 5.74) is 10.8. The smallest absolute Gasteiger partial charge is 0.239 e. The van der Waals surface area contributed by atoms with Crippen molar-refractivity contribution in [3.05, 3.63) is 0 Å². The number of carbonyl (C=O) groups excluding carboxylic acids is 2. The average Bonchev–Trinajstić information content (AvgIpc) is 2.32. The quantitative estimate of drug-likeness (QED) is 0.477. The van der Waals surface area contributed by atoms with Crippen LogP contribution >= 0.6 is 11.8 Å². The number of thioether (sulfide) groups is 1. The van der Waals surface area contributed by atoms with Gasteiger partial charge in [0.15, 0.2) is 5.16 Å². The van der Waals surface area contributed by atoms with Crippen molar-refractivity contribution in [3.63, 3.8) is 0 Å². The first-order chi connectivity index (χ1) is 9.36. The van der Waals surface area contributed by atoms with Crippen molar-refractivity contribution in [2.45, 2.75) is 25.0 Å². The molecule has 9 nitrogen and oxygen atoms in total. The van der Waals surface area contributed by atoms with Crippen LogP contribution in [-0.4, -0.2) is 45.1 Å². The second-order valence-electron chi connectivity index (χ2n) is 4.12. The van der Waals surface area contributed by atoms with E-state index in [1.807, 2.05) is 13.8 Å². The number of nitrogens with zero attached hydrogens (tertiary/aromatic N) is 3. The number of nitrogens with one attached hydrogen (secondary N) is 2. The molecule has 0 radical (unpaired) electrons. The fourth-order valence-corrected chi connectivity index (χ4v) is 1.86. The molecule has 0 saturated heterocycles. The summed E-state index contributed by atoms with van der Waals surface area (Å²) in [6.45, 7) is 3.61. The van der Waals surface area contributed by atoms with Crippen LogP contribution in [0.25, 0.3) is 0 Å². The number of anilines is 2. The Morgan fingerprint density at radius 1 is 1.15 bits per heavy atom. The Morgan fingerprint density at radius 2 is 1.75 bits per heavy atom. The van der Waals surface area contributed by atoms with Gasteiger partial charge in [0.25, 0.3) is 0 Å². The van der Waals surface area contributed by atoms with Gasteiger partial charge in [0, 0.05) is 6.04 Å². The Morgan fingerprint density at radius 3 is 2.30 bits per heavy atom. The fourth-order valence-electron chi connectivity index (χ4n) is 1.19. The van der Waals surface area contributed by atoms with E-state index in [-0.39, 0.29) is 47.2 Å². The van der Waals surface area contributed by atoms with Gasteiger partial charge in [-0.3, -0.25) is 9.59 Å². The van der Waals surface area contributed by atoms with Crippen molar-refractivity contribution < 1.29 is 9.59 Å². The Kier molecular flexibility index (Phi) is 5.97. The van der Waals surface area contributed by atoms with E-state index in [4.69, 9.17) is 11.5 Å². The van der Waals surface area contributed by atoms with E-state index in [2.05, 4.69) is 25.6 Å². The molecule has 110 valence electrons. The standard InChI is InChI=1S/C10H17N7O2S/c1-5(2)14-6(18)3-13-7(19)4-20-10-16-8(11)15-9(12)17-10/h5H,3-4H2,1-2H3,(H,13,19)(H,14,18)(H4,11,12,15,16,17). The van der Waals surface area contributed by atoms with Crippen LogP contribution in [0.2, 0.25) is 0 Å². The highest BCUT2D eigenvalue weighted by Gasteiger charge is 2.09. The number of hydrogen-bond acceptors (Lipinski definition) is 8. The molecule has 0 fully saturated rings. The van der Waals surface area contributed by atoms with E-state index >= 15 is 0 Å². The van der Waals surface area contributed by atoms with E-state index < -0.39 is 0 Å². The van der Waals surface area contributed by atoms with Crippen LogP contribution in [-0.2, 0) is 9.59 Å². The fraction of sp³-hybridized carbons (Fsp3) is 0.500. The van der Waals surface area contributed by atoms with Gasteiger partial charge in [0.2, 0.25) is 23.7 Å². The Balaban J connectivity index is 2.34. The Bertz CT molecular complexity index is 474. The number of rotatable bonds is 6. The molecule has 1 heterocycles. The highest BCUT2D eigenvalue weighted by atomic mass is 32.2.